The van der Waals surface area contributed by atoms with E-state index >= 15 is 0 Å². The molecule has 7 atom stereocenters. The monoisotopic (exact) mass is 354 g/mol. The molecule has 1 heteroatoms. The number of hydrogen-bond acceptors (Lipinski definition) is 1. The smallest absolute Gasteiger partial charge is 0.0899 e. The van der Waals surface area contributed by atoms with Gasteiger partial charge in [-0.2, -0.15) is 0 Å². The van der Waals surface area contributed by atoms with Gasteiger partial charge in [0.1, 0.15) is 0 Å². The van der Waals surface area contributed by atoms with Gasteiger partial charge in [0.25, 0.3) is 0 Å². The van der Waals surface area contributed by atoms with Crippen molar-refractivity contribution in [2.75, 3.05) is 0 Å². The van der Waals surface area contributed by atoms with Crippen LogP contribution in [0.2, 0.25) is 0 Å². The van der Waals surface area contributed by atoms with Gasteiger partial charge in [-0.15, -0.1) is 6.58 Å². The normalized spacial score (nSPS) is 52.0. The molecule has 1 N–H and O–H groups in total. The van der Waals surface area contributed by atoms with Crippen LogP contribution in [0, 0.1) is 34.5 Å². The Morgan fingerprint density at radius 3 is 2.62 bits per heavy atom. The molecule has 0 radical (unpaired) electrons. The molecule has 1 nitrogen and oxygen atoms in total. The lowest BCUT2D eigenvalue weighted by atomic mass is 9.47. The number of aliphatic hydroxyl groups is 1. The summed E-state index contributed by atoms with van der Waals surface area (Å²) in [5, 5.41) is 11.5. The second-order valence-electron chi connectivity index (χ2n) is 10.5. The van der Waals surface area contributed by atoms with Crippen molar-refractivity contribution in [2.45, 2.75) is 84.7 Å². The first kappa shape index (κ1) is 18.5. The molecule has 3 fully saturated rings. The minimum Gasteiger partial charge on any atom is -0.385 e. The third kappa shape index (κ3) is 2.38. The average molecular weight is 355 g/mol. The molecular formula is C25H38O. The molecule has 4 aliphatic carbocycles. The summed E-state index contributed by atoms with van der Waals surface area (Å²) in [6, 6.07) is 0. The largest absolute Gasteiger partial charge is 0.385 e. The molecule has 0 aromatic rings. The van der Waals surface area contributed by atoms with E-state index < -0.39 is 5.60 Å². The number of fused-ring (bicyclic) bond motifs is 5. The van der Waals surface area contributed by atoms with Crippen molar-refractivity contribution in [1.82, 2.24) is 0 Å². The van der Waals surface area contributed by atoms with Gasteiger partial charge in [0.2, 0.25) is 0 Å². The van der Waals surface area contributed by atoms with Crippen LogP contribution in [0.15, 0.2) is 36.0 Å². The van der Waals surface area contributed by atoms with Crippen molar-refractivity contribution >= 4 is 0 Å². The summed E-state index contributed by atoms with van der Waals surface area (Å²) in [7, 11) is 0. The molecule has 0 saturated heterocycles. The Kier molecular flexibility index (Phi) is 4.34. The summed E-state index contributed by atoms with van der Waals surface area (Å²) in [5.41, 5.74) is 3.03. The fourth-order valence-corrected chi connectivity index (χ4v) is 7.91. The van der Waals surface area contributed by atoms with E-state index in [1.807, 2.05) is 6.08 Å². The van der Waals surface area contributed by atoms with E-state index in [0.717, 1.165) is 24.2 Å². The van der Waals surface area contributed by atoms with Crippen LogP contribution in [0.3, 0.4) is 0 Å². The van der Waals surface area contributed by atoms with Crippen LogP contribution in [-0.2, 0) is 0 Å². The maximum absolute atomic E-state index is 11.5. The first-order valence-corrected chi connectivity index (χ1v) is 11.0. The Hall–Kier alpha value is -0.820. The number of allylic oxidation sites excluding steroid dienone is 3. The van der Waals surface area contributed by atoms with E-state index in [1.165, 1.54) is 44.1 Å². The predicted molar refractivity (Wildman–Crippen MR) is 110 cm³/mol. The van der Waals surface area contributed by atoms with Crippen molar-refractivity contribution < 1.29 is 5.11 Å². The highest BCUT2D eigenvalue weighted by molar-refractivity contribution is 5.36. The first-order valence-electron chi connectivity index (χ1n) is 11.0. The van der Waals surface area contributed by atoms with Gasteiger partial charge < -0.3 is 5.11 Å². The fourth-order valence-electron chi connectivity index (χ4n) is 7.91. The molecular weight excluding hydrogens is 316 g/mol. The lowest BCUT2D eigenvalue weighted by molar-refractivity contribution is -0.0213. The van der Waals surface area contributed by atoms with Gasteiger partial charge in [-0.05, 0) is 98.4 Å². The van der Waals surface area contributed by atoms with Crippen LogP contribution in [0.1, 0.15) is 79.1 Å². The van der Waals surface area contributed by atoms with E-state index in [0.29, 0.717) is 17.8 Å². The number of rotatable bonds is 2. The van der Waals surface area contributed by atoms with E-state index in [-0.39, 0.29) is 5.41 Å². The van der Waals surface area contributed by atoms with E-state index in [2.05, 4.69) is 46.4 Å². The molecule has 0 amide bonds. The minimum atomic E-state index is -0.656. The molecule has 2 unspecified atom stereocenters. The highest BCUT2D eigenvalue weighted by atomic mass is 16.3. The molecule has 0 aliphatic heterocycles. The molecule has 4 aliphatic rings. The Labute approximate surface area is 160 Å². The lowest BCUT2D eigenvalue weighted by Gasteiger charge is -2.57. The van der Waals surface area contributed by atoms with Gasteiger partial charge in [0, 0.05) is 0 Å². The Balaban J connectivity index is 1.72. The Morgan fingerprint density at radius 2 is 1.92 bits per heavy atom. The molecule has 0 heterocycles. The second-order valence-corrected chi connectivity index (χ2v) is 10.5. The summed E-state index contributed by atoms with van der Waals surface area (Å²) in [5.74, 6) is 3.03. The highest BCUT2D eigenvalue weighted by Gasteiger charge is 2.62. The van der Waals surface area contributed by atoms with Crippen molar-refractivity contribution in [3.8, 4) is 0 Å². The average Bonchev–Trinajstić information content (AvgIpc) is 2.82. The van der Waals surface area contributed by atoms with Gasteiger partial charge in [0.15, 0.2) is 0 Å². The van der Waals surface area contributed by atoms with Crippen LogP contribution in [0.5, 0.6) is 0 Å². The fraction of sp³-hybridized carbons (Fsp3) is 0.760. The Morgan fingerprint density at radius 1 is 1.19 bits per heavy atom. The van der Waals surface area contributed by atoms with Crippen molar-refractivity contribution in [2.24, 2.45) is 34.5 Å². The topological polar surface area (TPSA) is 20.2 Å². The SMILES string of the molecule is C=CCC1(O)C[C@H]2[C@@H]3CC=C4CC(C)CC[C@]4(C)[C@H]3CC[C@]2(C)/C1=C\C. The van der Waals surface area contributed by atoms with Crippen LogP contribution >= 0.6 is 0 Å². The van der Waals surface area contributed by atoms with Crippen LogP contribution in [0.25, 0.3) is 0 Å². The van der Waals surface area contributed by atoms with Crippen molar-refractivity contribution in [1.29, 1.82) is 0 Å². The molecule has 26 heavy (non-hydrogen) atoms. The minimum absolute atomic E-state index is 0.178. The molecule has 3 saturated carbocycles. The van der Waals surface area contributed by atoms with Crippen molar-refractivity contribution in [3.63, 3.8) is 0 Å². The Bertz CT molecular complexity index is 657. The van der Waals surface area contributed by atoms with E-state index in [1.54, 1.807) is 5.57 Å². The van der Waals surface area contributed by atoms with E-state index in [4.69, 9.17) is 0 Å². The maximum Gasteiger partial charge on any atom is 0.0899 e. The molecule has 0 bridgehead atoms. The molecule has 0 spiro atoms. The maximum atomic E-state index is 11.5. The van der Waals surface area contributed by atoms with Gasteiger partial charge in [-0.25, -0.2) is 0 Å². The van der Waals surface area contributed by atoms with Gasteiger partial charge in [0.05, 0.1) is 5.60 Å². The molecule has 0 aromatic heterocycles. The second kappa shape index (κ2) is 6.09. The molecule has 4 rings (SSSR count). The first-order chi connectivity index (χ1) is 12.3. The molecule has 0 aromatic carbocycles. The van der Waals surface area contributed by atoms with Gasteiger partial charge in [-0.3, -0.25) is 0 Å². The lowest BCUT2D eigenvalue weighted by Crippen LogP contribution is -2.49. The third-order valence-electron chi connectivity index (χ3n) is 9.18. The summed E-state index contributed by atoms with van der Waals surface area (Å²) >= 11 is 0. The van der Waals surface area contributed by atoms with Gasteiger partial charge >= 0.3 is 0 Å². The predicted octanol–water partition coefficient (Wildman–Crippen LogP) is 6.45. The summed E-state index contributed by atoms with van der Waals surface area (Å²) in [6.45, 7) is 13.5. The summed E-state index contributed by atoms with van der Waals surface area (Å²) in [4.78, 5) is 0. The zero-order chi connectivity index (χ0) is 18.7. The quantitative estimate of drug-likeness (QED) is 0.565. The zero-order valence-electron chi connectivity index (χ0n) is 17.4. The van der Waals surface area contributed by atoms with Crippen molar-refractivity contribution in [3.05, 3.63) is 36.0 Å². The van der Waals surface area contributed by atoms with E-state index in [9.17, 15) is 5.11 Å². The van der Waals surface area contributed by atoms with Crippen LogP contribution < -0.4 is 0 Å². The van der Waals surface area contributed by atoms with Crippen LogP contribution in [0.4, 0.5) is 0 Å². The van der Waals surface area contributed by atoms with Gasteiger partial charge in [-0.1, -0.05) is 44.6 Å². The molecule has 144 valence electrons. The standard InChI is InChI=1S/C25H38O/c1-6-12-25(26)16-21-19-9-8-18-15-17(3)10-13-23(18,4)20(19)11-14-24(21,5)22(25)7-2/h6-8,17,19-21,26H,1,9-16H2,2-5H3/b22-7+/t17?,19-,20+,21+,23+,24+,25?/m1/s1. The zero-order valence-corrected chi connectivity index (χ0v) is 17.4. The highest BCUT2D eigenvalue weighted by Crippen LogP contribution is 2.68. The summed E-state index contributed by atoms with van der Waals surface area (Å²) < 4.78 is 0. The van der Waals surface area contributed by atoms with Crippen LogP contribution in [-0.4, -0.2) is 10.7 Å². The number of hydrogen-bond donors (Lipinski definition) is 1. The third-order valence-corrected chi connectivity index (χ3v) is 9.18. The summed E-state index contributed by atoms with van der Waals surface area (Å²) in [6.07, 6.45) is 16.3.